The van der Waals surface area contributed by atoms with Crippen molar-refractivity contribution >= 4 is 0 Å². The summed E-state index contributed by atoms with van der Waals surface area (Å²) in [4.78, 5) is 0. The standard InChI is InChI=1S/C15H21NO2/c1-4-17-13-6-8-14(9-7-13)18-11-5-10-15(2,3)12-16/h6-9H,4-5,10-11H2,1-3H3. The van der Waals surface area contributed by atoms with E-state index in [1.54, 1.807) is 0 Å². The molecule has 0 radical (unpaired) electrons. The number of nitriles is 1. The zero-order valence-electron chi connectivity index (χ0n) is 11.4. The topological polar surface area (TPSA) is 42.2 Å². The summed E-state index contributed by atoms with van der Waals surface area (Å²) in [6.07, 6.45) is 1.73. The van der Waals surface area contributed by atoms with Crippen LogP contribution in [0.2, 0.25) is 0 Å². The third kappa shape index (κ3) is 5.09. The van der Waals surface area contributed by atoms with E-state index in [2.05, 4.69) is 6.07 Å². The Morgan fingerprint density at radius 3 is 2.17 bits per heavy atom. The lowest BCUT2D eigenvalue weighted by molar-refractivity contribution is 0.283. The van der Waals surface area contributed by atoms with Crippen molar-refractivity contribution in [2.75, 3.05) is 13.2 Å². The van der Waals surface area contributed by atoms with Gasteiger partial charge in [-0.1, -0.05) is 0 Å². The van der Waals surface area contributed by atoms with Crippen LogP contribution in [0.15, 0.2) is 24.3 Å². The maximum atomic E-state index is 8.89. The van der Waals surface area contributed by atoms with Crippen LogP contribution in [0.5, 0.6) is 11.5 Å². The molecular formula is C15H21NO2. The highest BCUT2D eigenvalue weighted by Gasteiger charge is 2.15. The summed E-state index contributed by atoms with van der Waals surface area (Å²) in [6.45, 7) is 7.16. The summed E-state index contributed by atoms with van der Waals surface area (Å²) in [5.41, 5.74) is -0.262. The summed E-state index contributed by atoms with van der Waals surface area (Å²) in [7, 11) is 0. The zero-order valence-corrected chi connectivity index (χ0v) is 11.4. The van der Waals surface area contributed by atoms with Crippen LogP contribution in [0, 0.1) is 16.7 Å². The number of rotatable bonds is 7. The summed E-state index contributed by atoms with van der Waals surface area (Å²) in [6, 6.07) is 9.90. The predicted molar refractivity (Wildman–Crippen MR) is 71.7 cm³/mol. The summed E-state index contributed by atoms with van der Waals surface area (Å²) in [5, 5.41) is 8.89. The summed E-state index contributed by atoms with van der Waals surface area (Å²) in [5.74, 6) is 1.70. The van der Waals surface area contributed by atoms with Crippen molar-refractivity contribution in [2.24, 2.45) is 5.41 Å². The molecule has 18 heavy (non-hydrogen) atoms. The van der Waals surface area contributed by atoms with Crippen LogP contribution in [-0.4, -0.2) is 13.2 Å². The fourth-order valence-corrected chi connectivity index (χ4v) is 1.56. The molecule has 0 aromatic heterocycles. The molecule has 0 fully saturated rings. The third-order valence-electron chi connectivity index (χ3n) is 2.65. The lowest BCUT2D eigenvalue weighted by Crippen LogP contribution is -2.10. The Bertz CT molecular complexity index is 390. The zero-order chi connectivity index (χ0) is 13.4. The van der Waals surface area contributed by atoms with Gasteiger partial charge in [-0.05, 0) is 57.9 Å². The molecule has 0 aliphatic heterocycles. The third-order valence-corrected chi connectivity index (χ3v) is 2.65. The molecule has 98 valence electrons. The Morgan fingerprint density at radius 1 is 1.11 bits per heavy atom. The molecule has 0 N–H and O–H groups in total. The molecule has 0 aliphatic carbocycles. The molecule has 0 saturated heterocycles. The molecule has 0 atom stereocenters. The fraction of sp³-hybridized carbons (Fsp3) is 0.533. The van der Waals surface area contributed by atoms with Gasteiger partial charge in [-0.3, -0.25) is 0 Å². The van der Waals surface area contributed by atoms with Crippen molar-refractivity contribution in [3.8, 4) is 17.6 Å². The van der Waals surface area contributed by atoms with E-state index in [9.17, 15) is 0 Å². The van der Waals surface area contributed by atoms with Crippen LogP contribution in [-0.2, 0) is 0 Å². The van der Waals surface area contributed by atoms with Gasteiger partial charge in [-0.15, -0.1) is 0 Å². The Hall–Kier alpha value is -1.69. The number of benzene rings is 1. The molecule has 0 spiro atoms. The predicted octanol–water partition coefficient (Wildman–Crippen LogP) is 3.79. The minimum absolute atomic E-state index is 0.262. The van der Waals surface area contributed by atoms with Crippen LogP contribution in [0.1, 0.15) is 33.6 Å². The Kier molecular flexibility index (Phi) is 5.51. The quantitative estimate of drug-likeness (QED) is 0.688. The summed E-state index contributed by atoms with van der Waals surface area (Å²) < 4.78 is 11.0. The van der Waals surface area contributed by atoms with Crippen LogP contribution in [0.4, 0.5) is 0 Å². The first-order valence-corrected chi connectivity index (χ1v) is 6.34. The minimum Gasteiger partial charge on any atom is -0.494 e. The van der Waals surface area contributed by atoms with Crippen molar-refractivity contribution in [1.29, 1.82) is 5.26 Å². The van der Waals surface area contributed by atoms with Crippen LogP contribution >= 0.6 is 0 Å². The molecule has 0 unspecified atom stereocenters. The maximum Gasteiger partial charge on any atom is 0.119 e. The first-order chi connectivity index (χ1) is 8.57. The summed E-state index contributed by atoms with van der Waals surface area (Å²) >= 11 is 0. The second-order valence-electron chi connectivity index (χ2n) is 4.85. The van der Waals surface area contributed by atoms with E-state index in [4.69, 9.17) is 14.7 Å². The molecule has 0 aliphatic rings. The largest absolute Gasteiger partial charge is 0.494 e. The van der Waals surface area contributed by atoms with Gasteiger partial charge in [-0.25, -0.2) is 0 Å². The smallest absolute Gasteiger partial charge is 0.119 e. The monoisotopic (exact) mass is 247 g/mol. The minimum atomic E-state index is -0.262. The van der Waals surface area contributed by atoms with Crippen LogP contribution < -0.4 is 9.47 Å². The molecule has 0 heterocycles. The van der Waals surface area contributed by atoms with Gasteiger partial charge in [0.05, 0.1) is 24.7 Å². The van der Waals surface area contributed by atoms with Gasteiger partial charge in [0.15, 0.2) is 0 Å². The Morgan fingerprint density at radius 2 is 1.67 bits per heavy atom. The normalized spacial score (nSPS) is 10.8. The SMILES string of the molecule is CCOc1ccc(OCCCC(C)(C)C#N)cc1. The van der Waals surface area contributed by atoms with Gasteiger partial charge < -0.3 is 9.47 Å². The van der Waals surface area contributed by atoms with Crippen molar-refractivity contribution < 1.29 is 9.47 Å². The molecule has 1 aromatic carbocycles. The van der Waals surface area contributed by atoms with Gasteiger partial charge in [0.2, 0.25) is 0 Å². The van der Waals surface area contributed by atoms with E-state index >= 15 is 0 Å². The highest BCUT2D eigenvalue weighted by atomic mass is 16.5. The van der Waals surface area contributed by atoms with Crippen molar-refractivity contribution in [3.05, 3.63) is 24.3 Å². The van der Waals surface area contributed by atoms with Crippen molar-refractivity contribution in [1.82, 2.24) is 0 Å². The average Bonchev–Trinajstić information content (AvgIpc) is 2.37. The van der Waals surface area contributed by atoms with E-state index in [0.717, 1.165) is 24.3 Å². The molecule has 3 nitrogen and oxygen atoms in total. The number of hydrogen-bond donors (Lipinski definition) is 0. The highest BCUT2D eigenvalue weighted by Crippen LogP contribution is 2.21. The van der Waals surface area contributed by atoms with Crippen LogP contribution in [0.25, 0.3) is 0 Å². The Balaban J connectivity index is 2.30. The van der Waals surface area contributed by atoms with Gasteiger partial charge in [0, 0.05) is 0 Å². The van der Waals surface area contributed by atoms with Crippen molar-refractivity contribution in [3.63, 3.8) is 0 Å². The molecule has 1 aromatic rings. The van der Waals surface area contributed by atoms with Crippen molar-refractivity contribution in [2.45, 2.75) is 33.6 Å². The number of nitrogens with zero attached hydrogens (tertiary/aromatic N) is 1. The van der Waals surface area contributed by atoms with Gasteiger partial charge in [0.25, 0.3) is 0 Å². The number of ether oxygens (including phenoxy) is 2. The van der Waals surface area contributed by atoms with Gasteiger partial charge in [0.1, 0.15) is 11.5 Å². The molecule has 3 heteroatoms. The first-order valence-electron chi connectivity index (χ1n) is 6.34. The highest BCUT2D eigenvalue weighted by molar-refractivity contribution is 5.31. The number of hydrogen-bond acceptors (Lipinski definition) is 3. The first kappa shape index (κ1) is 14.4. The Labute approximate surface area is 109 Å². The lowest BCUT2D eigenvalue weighted by atomic mass is 9.90. The molecule has 0 amide bonds. The lowest BCUT2D eigenvalue weighted by Gasteiger charge is -2.14. The fourth-order valence-electron chi connectivity index (χ4n) is 1.56. The van der Waals surface area contributed by atoms with E-state index in [1.165, 1.54) is 0 Å². The second kappa shape index (κ2) is 6.90. The van der Waals surface area contributed by atoms with Gasteiger partial charge >= 0.3 is 0 Å². The average molecular weight is 247 g/mol. The molecule has 1 rings (SSSR count). The van der Waals surface area contributed by atoms with E-state index in [1.807, 2.05) is 45.0 Å². The van der Waals surface area contributed by atoms with Crippen LogP contribution in [0.3, 0.4) is 0 Å². The van der Waals surface area contributed by atoms with Gasteiger partial charge in [-0.2, -0.15) is 5.26 Å². The molecule has 0 bridgehead atoms. The van der Waals surface area contributed by atoms with E-state index < -0.39 is 0 Å². The van der Waals surface area contributed by atoms with E-state index in [0.29, 0.717) is 13.2 Å². The van der Waals surface area contributed by atoms with E-state index in [-0.39, 0.29) is 5.41 Å². The second-order valence-corrected chi connectivity index (χ2v) is 4.85. The molecule has 0 saturated carbocycles. The molecular weight excluding hydrogens is 226 g/mol. The maximum absolute atomic E-state index is 8.89.